The first-order valence-electron chi connectivity index (χ1n) is 5.41. The molecule has 0 aromatic carbocycles. The zero-order chi connectivity index (χ0) is 11.5. The first-order chi connectivity index (χ1) is 7.70. The first kappa shape index (κ1) is 11.5. The van der Waals surface area contributed by atoms with E-state index in [1.165, 1.54) is 0 Å². The molecule has 1 atom stereocenters. The summed E-state index contributed by atoms with van der Waals surface area (Å²) >= 11 is 1.55. The normalized spacial score (nSPS) is 20.4. The van der Waals surface area contributed by atoms with E-state index in [1.807, 2.05) is 5.38 Å². The molecule has 0 bridgehead atoms. The van der Waals surface area contributed by atoms with Gasteiger partial charge >= 0.3 is 0 Å². The van der Waals surface area contributed by atoms with Crippen molar-refractivity contribution in [3.05, 3.63) is 11.1 Å². The van der Waals surface area contributed by atoms with E-state index in [4.69, 9.17) is 4.74 Å². The summed E-state index contributed by atoms with van der Waals surface area (Å²) < 4.78 is 5.16. The molecule has 1 unspecified atom stereocenters. The molecule has 0 amide bonds. The van der Waals surface area contributed by atoms with Gasteiger partial charge in [-0.05, 0) is 6.42 Å². The fourth-order valence-electron chi connectivity index (χ4n) is 1.95. The molecule has 2 heterocycles. The number of methoxy groups -OCH3 is 1. The standard InChI is InChI=1S/C11H16N2O2S/c1-8(14)10-7-16-11(12-10)13-4-3-9(5-13)6-15-2/h7,9H,3-6H2,1-2H3. The summed E-state index contributed by atoms with van der Waals surface area (Å²) in [5.74, 6) is 0.629. The number of nitrogens with zero attached hydrogens (tertiary/aromatic N) is 2. The van der Waals surface area contributed by atoms with Gasteiger partial charge in [-0.15, -0.1) is 11.3 Å². The molecule has 1 fully saturated rings. The maximum absolute atomic E-state index is 11.1. The maximum atomic E-state index is 11.1. The number of carbonyl (C=O) groups is 1. The van der Waals surface area contributed by atoms with Gasteiger partial charge in [0, 0.05) is 38.4 Å². The Morgan fingerprint density at radius 1 is 1.75 bits per heavy atom. The fourth-order valence-corrected chi connectivity index (χ4v) is 2.85. The van der Waals surface area contributed by atoms with Gasteiger partial charge in [0.2, 0.25) is 0 Å². The van der Waals surface area contributed by atoms with Gasteiger partial charge in [-0.2, -0.15) is 0 Å². The van der Waals surface area contributed by atoms with E-state index < -0.39 is 0 Å². The van der Waals surface area contributed by atoms with E-state index >= 15 is 0 Å². The lowest BCUT2D eigenvalue weighted by Gasteiger charge is -2.14. The topological polar surface area (TPSA) is 42.4 Å². The first-order valence-corrected chi connectivity index (χ1v) is 6.29. The molecule has 1 aromatic rings. The third-order valence-corrected chi connectivity index (χ3v) is 3.71. The van der Waals surface area contributed by atoms with Gasteiger partial charge in [-0.25, -0.2) is 4.98 Å². The predicted octanol–water partition coefficient (Wildman–Crippen LogP) is 1.82. The van der Waals surface area contributed by atoms with Gasteiger partial charge in [0.05, 0.1) is 6.61 Å². The average molecular weight is 240 g/mol. The number of Topliss-reactive ketones (excluding diaryl/α,β-unsaturated/α-hetero) is 1. The molecule has 2 rings (SSSR count). The lowest BCUT2D eigenvalue weighted by Crippen LogP contribution is -2.20. The van der Waals surface area contributed by atoms with Gasteiger partial charge in [0.25, 0.3) is 0 Å². The average Bonchev–Trinajstić information content (AvgIpc) is 2.84. The molecule has 1 aromatic heterocycles. The van der Waals surface area contributed by atoms with Crippen LogP contribution in [0.25, 0.3) is 0 Å². The number of hydrogen-bond acceptors (Lipinski definition) is 5. The molecule has 0 spiro atoms. The van der Waals surface area contributed by atoms with Crippen molar-refractivity contribution in [3.8, 4) is 0 Å². The van der Waals surface area contributed by atoms with Crippen molar-refractivity contribution in [2.24, 2.45) is 5.92 Å². The number of anilines is 1. The van der Waals surface area contributed by atoms with Crippen LogP contribution in [-0.2, 0) is 4.74 Å². The minimum absolute atomic E-state index is 0.0372. The predicted molar refractivity (Wildman–Crippen MR) is 64.3 cm³/mol. The van der Waals surface area contributed by atoms with Crippen LogP contribution in [0, 0.1) is 5.92 Å². The molecule has 4 nitrogen and oxygen atoms in total. The number of aromatic nitrogens is 1. The molecule has 1 saturated heterocycles. The Hall–Kier alpha value is -0.940. The molecular weight excluding hydrogens is 224 g/mol. The Labute approximate surface area is 99.2 Å². The van der Waals surface area contributed by atoms with E-state index in [9.17, 15) is 4.79 Å². The number of rotatable bonds is 4. The van der Waals surface area contributed by atoms with Gasteiger partial charge in [0.15, 0.2) is 10.9 Å². The van der Waals surface area contributed by atoms with Crippen LogP contribution in [0.4, 0.5) is 5.13 Å². The van der Waals surface area contributed by atoms with Crippen LogP contribution >= 0.6 is 11.3 Å². The quantitative estimate of drug-likeness (QED) is 0.753. The third kappa shape index (κ3) is 2.41. The van der Waals surface area contributed by atoms with Crippen molar-refractivity contribution in [2.75, 3.05) is 31.7 Å². The molecule has 0 saturated carbocycles. The van der Waals surface area contributed by atoms with Crippen LogP contribution in [0.1, 0.15) is 23.8 Å². The highest BCUT2D eigenvalue weighted by molar-refractivity contribution is 7.13. The van der Waals surface area contributed by atoms with Crippen molar-refractivity contribution in [2.45, 2.75) is 13.3 Å². The number of ether oxygens (including phenoxy) is 1. The summed E-state index contributed by atoms with van der Waals surface area (Å²) in [5.41, 5.74) is 0.579. The van der Waals surface area contributed by atoms with E-state index in [2.05, 4.69) is 9.88 Å². The summed E-state index contributed by atoms with van der Waals surface area (Å²) in [7, 11) is 1.74. The molecule has 1 aliphatic heterocycles. The van der Waals surface area contributed by atoms with Crippen LogP contribution < -0.4 is 4.90 Å². The Bertz CT molecular complexity index is 378. The van der Waals surface area contributed by atoms with E-state index in [0.29, 0.717) is 11.6 Å². The van der Waals surface area contributed by atoms with Crippen molar-refractivity contribution in [1.82, 2.24) is 4.98 Å². The molecule has 0 radical (unpaired) electrons. The minimum Gasteiger partial charge on any atom is -0.384 e. The third-order valence-electron chi connectivity index (χ3n) is 2.81. The largest absolute Gasteiger partial charge is 0.384 e. The Morgan fingerprint density at radius 3 is 3.19 bits per heavy atom. The number of ketones is 1. The van der Waals surface area contributed by atoms with E-state index in [0.717, 1.165) is 31.2 Å². The van der Waals surface area contributed by atoms with Gasteiger partial charge in [-0.3, -0.25) is 4.79 Å². The van der Waals surface area contributed by atoms with E-state index in [1.54, 1.807) is 25.4 Å². The smallest absolute Gasteiger partial charge is 0.185 e. The zero-order valence-corrected chi connectivity index (χ0v) is 10.4. The van der Waals surface area contributed by atoms with Gasteiger partial charge in [0.1, 0.15) is 5.69 Å². The monoisotopic (exact) mass is 240 g/mol. The second kappa shape index (κ2) is 4.93. The Kier molecular flexibility index (Phi) is 3.56. The highest BCUT2D eigenvalue weighted by Gasteiger charge is 2.24. The van der Waals surface area contributed by atoms with Gasteiger partial charge < -0.3 is 9.64 Å². The van der Waals surface area contributed by atoms with Gasteiger partial charge in [-0.1, -0.05) is 0 Å². The Balaban J connectivity index is 2.00. The molecule has 16 heavy (non-hydrogen) atoms. The lowest BCUT2D eigenvalue weighted by atomic mass is 10.1. The second-order valence-electron chi connectivity index (χ2n) is 4.13. The van der Waals surface area contributed by atoms with Crippen molar-refractivity contribution >= 4 is 22.3 Å². The lowest BCUT2D eigenvalue weighted by molar-refractivity contribution is 0.101. The fraction of sp³-hybridized carbons (Fsp3) is 0.636. The molecule has 1 aliphatic rings. The summed E-state index contributed by atoms with van der Waals surface area (Å²) in [4.78, 5) is 17.7. The van der Waals surface area contributed by atoms with E-state index in [-0.39, 0.29) is 5.78 Å². The highest BCUT2D eigenvalue weighted by Crippen LogP contribution is 2.27. The van der Waals surface area contributed by atoms with Crippen LogP contribution in [0.5, 0.6) is 0 Å². The Morgan fingerprint density at radius 2 is 2.56 bits per heavy atom. The van der Waals surface area contributed by atoms with Crippen LogP contribution in [0.2, 0.25) is 0 Å². The summed E-state index contributed by atoms with van der Waals surface area (Å²) in [6.07, 6.45) is 1.14. The zero-order valence-electron chi connectivity index (χ0n) is 9.60. The van der Waals surface area contributed by atoms with Crippen LogP contribution in [-0.4, -0.2) is 37.6 Å². The second-order valence-corrected chi connectivity index (χ2v) is 4.96. The van der Waals surface area contributed by atoms with Crippen molar-refractivity contribution in [1.29, 1.82) is 0 Å². The molecule has 0 N–H and O–H groups in total. The molecule has 5 heteroatoms. The SMILES string of the molecule is COCC1CCN(c2nc(C(C)=O)cs2)C1. The summed E-state index contributed by atoms with van der Waals surface area (Å²) in [5, 5.41) is 2.80. The summed E-state index contributed by atoms with van der Waals surface area (Å²) in [6.45, 7) is 4.36. The summed E-state index contributed by atoms with van der Waals surface area (Å²) in [6, 6.07) is 0. The highest BCUT2D eigenvalue weighted by atomic mass is 32.1. The molecule has 0 aliphatic carbocycles. The molecule has 88 valence electrons. The van der Waals surface area contributed by atoms with Crippen LogP contribution in [0.15, 0.2) is 5.38 Å². The molecular formula is C11H16N2O2S. The maximum Gasteiger partial charge on any atom is 0.185 e. The number of hydrogen-bond donors (Lipinski definition) is 0. The number of carbonyl (C=O) groups excluding carboxylic acids is 1. The minimum atomic E-state index is 0.0372. The van der Waals surface area contributed by atoms with Crippen LogP contribution in [0.3, 0.4) is 0 Å². The van der Waals surface area contributed by atoms with Crippen molar-refractivity contribution in [3.63, 3.8) is 0 Å². The van der Waals surface area contributed by atoms with Crippen molar-refractivity contribution < 1.29 is 9.53 Å². The number of thiazole rings is 1.